The molecule has 0 radical (unpaired) electrons. The molecule has 0 bridgehead atoms. The van der Waals surface area contributed by atoms with Crippen LogP contribution in [0.2, 0.25) is 0 Å². The zero-order valence-corrected chi connectivity index (χ0v) is 9.80. The maximum atomic E-state index is 12.6. The minimum atomic E-state index is -4.52. The lowest BCUT2D eigenvalue weighted by Crippen LogP contribution is -2.40. The Hall–Kier alpha value is -1.92. The molecule has 0 heterocycles. The van der Waals surface area contributed by atoms with Crippen molar-refractivity contribution in [2.45, 2.75) is 25.6 Å². The van der Waals surface area contributed by atoms with Gasteiger partial charge in [0.1, 0.15) is 0 Å². The van der Waals surface area contributed by atoms with Gasteiger partial charge in [-0.25, -0.2) is 4.79 Å². The Morgan fingerprint density at radius 1 is 1.22 bits per heavy atom. The highest BCUT2D eigenvalue weighted by Gasteiger charge is 2.33. The second-order valence-electron chi connectivity index (χ2n) is 4.40. The van der Waals surface area contributed by atoms with E-state index in [1.165, 1.54) is 19.9 Å². The van der Waals surface area contributed by atoms with Gasteiger partial charge in [-0.1, -0.05) is 0 Å². The van der Waals surface area contributed by atoms with Crippen LogP contribution in [-0.4, -0.2) is 11.2 Å². The fourth-order valence-corrected chi connectivity index (χ4v) is 1.52. The van der Waals surface area contributed by atoms with Gasteiger partial charge in [0.15, 0.2) is 0 Å². The standard InChI is InChI=1S/C11H13F3N2O2/c1-10(2,16-9(17)18)6-3-7(11(12,13)14)5-8(15)4-6/h3-5,16H,15H2,1-2H3,(H,17,18). The number of alkyl halides is 3. The van der Waals surface area contributed by atoms with Gasteiger partial charge < -0.3 is 16.2 Å². The number of nitrogens with two attached hydrogens (primary N) is 1. The highest BCUT2D eigenvalue weighted by atomic mass is 19.4. The molecule has 0 atom stereocenters. The van der Waals surface area contributed by atoms with Gasteiger partial charge in [0.05, 0.1) is 11.1 Å². The number of halogens is 3. The molecule has 0 aliphatic heterocycles. The molecule has 0 saturated carbocycles. The summed E-state index contributed by atoms with van der Waals surface area (Å²) in [5, 5.41) is 10.8. The average molecular weight is 262 g/mol. The van der Waals surface area contributed by atoms with E-state index in [-0.39, 0.29) is 11.3 Å². The van der Waals surface area contributed by atoms with Gasteiger partial charge in [0.25, 0.3) is 0 Å². The number of benzene rings is 1. The van der Waals surface area contributed by atoms with E-state index < -0.39 is 23.4 Å². The maximum absolute atomic E-state index is 12.6. The van der Waals surface area contributed by atoms with Crippen molar-refractivity contribution in [3.63, 3.8) is 0 Å². The molecule has 100 valence electrons. The second-order valence-corrected chi connectivity index (χ2v) is 4.40. The summed E-state index contributed by atoms with van der Waals surface area (Å²) in [6, 6.07) is 3.00. The van der Waals surface area contributed by atoms with E-state index in [1.54, 1.807) is 0 Å². The van der Waals surface area contributed by atoms with Crippen LogP contribution in [0.3, 0.4) is 0 Å². The largest absolute Gasteiger partial charge is 0.465 e. The number of nitrogens with one attached hydrogen (secondary N) is 1. The van der Waals surface area contributed by atoms with Gasteiger partial charge in [0, 0.05) is 5.69 Å². The first kappa shape index (κ1) is 14.1. The van der Waals surface area contributed by atoms with Crippen molar-refractivity contribution < 1.29 is 23.1 Å². The lowest BCUT2D eigenvalue weighted by molar-refractivity contribution is -0.137. The fraction of sp³-hybridized carbons (Fsp3) is 0.364. The van der Waals surface area contributed by atoms with Gasteiger partial charge in [-0.3, -0.25) is 0 Å². The Labute approximate surface area is 102 Å². The van der Waals surface area contributed by atoms with Crippen LogP contribution in [0.5, 0.6) is 0 Å². The van der Waals surface area contributed by atoms with Crippen molar-refractivity contribution in [3.05, 3.63) is 29.3 Å². The second kappa shape index (κ2) is 4.40. The van der Waals surface area contributed by atoms with E-state index in [9.17, 15) is 18.0 Å². The molecule has 0 fully saturated rings. The molecule has 0 aliphatic rings. The summed E-state index contributed by atoms with van der Waals surface area (Å²) < 4.78 is 37.8. The topological polar surface area (TPSA) is 75.3 Å². The maximum Gasteiger partial charge on any atom is 0.416 e. The van der Waals surface area contributed by atoms with Crippen LogP contribution >= 0.6 is 0 Å². The Kier molecular flexibility index (Phi) is 3.45. The number of carbonyl (C=O) groups is 1. The summed E-state index contributed by atoms with van der Waals surface area (Å²) in [7, 11) is 0. The van der Waals surface area contributed by atoms with Crippen molar-refractivity contribution in [2.24, 2.45) is 0 Å². The van der Waals surface area contributed by atoms with Crippen molar-refractivity contribution in [1.29, 1.82) is 0 Å². The van der Waals surface area contributed by atoms with Crippen molar-refractivity contribution in [3.8, 4) is 0 Å². The van der Waals surface area contributed by atoms with Crippen LogP contribution in [0, 0.1) is 0 Å². The smallest absolute Gasteiger partial charge is 0.416 e. The fourth-order valence-electron chi connectivity index (χ4n) is 1.52. The van der Waals surface area contributed by atoms with Crippen LogP contribution in [0.4, 0.5) is 23.7 Å². The molecule has 1 aromatic carbocycles. The molecule has 1 aromatic rings. The summed E-state index contributed by atoms with van der Waals surface area (Å²) in [6.07, 6.45) is -5.85. The minimum absolute atomic E-state index is 0.0694. The molecule has 1 amide bonds. The van der Waals surface area contributed by atoms with Crippen LogP contribution in [0.15, 0.2) is 18.2 Å². The van der Waals surface area contributed by atoms with Gasteiger partial charge in [0.2, 0.25) is 0 Å². The highest BCUT2D eigenvalue weighted by Crippen LogP contribution is 2.33. The van der Waals surface area contributed by atoms with Crippen molar-refractivity contribution in [1.82, 2.24) is 5.32 Å². The predicted molar refractivity (Wildman–Crippen MR) is 60.0 cm³/mol. The SMILES string of the molecule is CC(C)(NC(=O)O)c1cc(N)cc(C(F)(F)F)c1. The number of carboxylic acid groups (broad SMARTS) is 1. The van der Waals surface area contributed by atoms with E-state index in [2.05, 4.69) is 5.32 Å². The molecule has 4 nitrogen and oxygen atoms in total. The van der Waals surface area contributed by atoms with Crippen molar-refractivity contribution in [2.75, 3.05) is 5.73 Å². The van der Waals surface area contributed by atoms with E-state index in [0.717, 1.165) is 12.1 Å². The molecule has 4 N–H and O–H groups in total. The lowest BCUT2D eigenvalue weighted by atomic mass is 9.92. The monoisotopic (exact) mass is 262 g/mol. The first-order valence-electron chi connectivity index (χ1n) is 5.02. The van der Waals surface area contributed by atoms with E-state index in [4.69, 9.17) is 10.8 Å². The molecule has 0 saturated heterocycles. The number of amides is 1. The summed E-state index contributed by atoms with van der Waals surface area (Å²) in [5.41, 5.74) is 3.42. The van der Waals surface area contributed by atoms with Gasteiger partial charge in [-0.05, 0) is 37.6 Å². The third kappa shape index (κ3) is 3.28. The number of anilines is 1. The Morgan fingerprint density at radius 2 is 1.72 bits per heavy atom. The zero-order valence-electron chi connectivity index (χ0n) is 9.80. The quantitative estimate of drug-likeness (QED) is 0.717. The Morgan fingerprint density at radius 3 is 2.17 bits per heavy atom. The number of nitrogen functional groups attached to an aromatic ring is 1. The van der Waals surface area contributed by atoms with Crippen LogP contribution in [-0.2, 0) is 11.7 Å². The molecule has 18 heavy (non-hydrogen) atoms. The zero-order chi connectivity index (χ0) is 14.1. The minimum Gasteiger partial charge on any atom is -0.465 e. The normalized spacial score (nSPS) is 12.3. The molecule has 0 spiro atoms. The Balaban J connectivity index is 3.25. The van der Waals surface area contributed by atoms with Crippen molar-refractivity contribution >= 4 is 11.8 Å². The van der Waals surface area contributed by atoms with E-state index in [0.29, 0.717) is 0 Å². The molecule has 0 aromatic heterocycles. The Bertz CT molecular complexity index is 470. The molecular formula is C11H13F3N2O2. The molecule has 1 rings (SSSR count). The van der Waals surface area contributed by atoms with E-state index in [1.807, 2.05) is 0 Å². The van der Waals surface area contributed by atoms with Crippen LogP contribution in [0.25, 0.3) is 0 Å². The molecule has 7 heteroatoms. The highest BCUT2D eigenvalue weighted by molar-refractivity contribution is 5.66. The third-order valence-corrected chi connectivity index (χ3v) is 2.42. The summed E-state index contributed by atoms with van der Waals surface area (Å²) >= 11 is 0. The number of hydrogen-bond acceptors (Lipinski definition) is 2. The number of rotatable bonds is 2. The van der Waals surface area contributed by atoms with E-state index >= 15 is 0 Å². The summed E-state index contributed by atoms with van der Waals surface area (Å²) in [5.74, 6) is 0. The van der Waals surface area contributed by atoms with Gasteiger partial charge in [-0.2, -0.15) is 13.2 Å². The van der Waals surface area contributed by atoms with Gasteiger partial charge in [-0.15, -0.1) is 0 Å². The first-order chi connectivity index (χ1) is 8.02. The van der Waals surface area contributed by atoms with Crippen LogP contribution in [0.1, 0.15) is 25.0 Å². The molecular weight excluding hydrogens is 249 g/mol. The van der Waals surface area contributed by atoms with Gasteiger partial charge >= 0.3 is 12.3 Å². The third-order valence-electron chi connectivity index (χ3n) is 2.42. The summed E-state index contributed by atoms with van der Waals surface area (Å²) in [6.45, 7) is 2.91. The number of hydrogen-bond donors (Lipinski definition) is 3. The average Bonchev–Trinajstić information content (AvgIpc) is 2.13. The molecule has 0 aliphatic carbocycles. The first-order valence-corrected chi connectivity index (χ1v) is 5.02. The molecule has 0 unspecified atom stereocenters. The predicted octanol–water partition coefficient (Wildman–Crippen LogP) is 2.79. The van der Waals surface area contributed by atoms with Crippen LogP contribution < -0.4 is 11.1 Å². The lowest BCUT2D eigenvalue weighted by Gasteiger charge is -2.26. The summed E-state index contributed by atoms with van der Waals surface area (Å²) in [4.78, 5) is 10.6.